The first-order chi connectivity index (χ1) is 14.5. The van der Waals surface area contributed by atoms with Gasteiger partial charge in [-0.15, -0.1) is 0 Å². The Hall–Kier alpha value is -2.38. The van der Waals surface area contributed by atoms with Gasteiger partial charge >= 0.3 is 5.97 Å². The van der Waals surface area contributed by atoms with Crippen molar-refractivity contribution in [1.82, 2.24) is 4.90 Å². The van der Waals surface area contributed by atoms with Crippen LogP contribution < -0.4 is 4.74 Å². The lowest BCUT2D eigenvalue weighted by atomic mass is 9.70. The van der Waals surface area contributed by atoms with Crippen LogP contribution in [0.2, 0.25) is 0 Å². The molecule has 1 aromatic rings. The van der Waals surface area contributed by atoms with E-state index in [0.29, 0.717) is 30.1 Å². The molecule has 1 aromatic carbocycles. The van der Waals surface area contributed by atoms with Crippen LogP contribution in [-0.4, -0.2) is 62.1 Å². The van der Waals surface area contributed by atoms with Crippen LogP contribution in [0.15, 0.2) is 35.0 Å². The quantitative estimate of drug-likeness (QED) is 0.453. The van der Waals surface area contributed by atoms with Crippen LogP contribution in [0.25, 0.3) is 0 Å². The Kier molecular flexibility index (Phi) is 5.59. The van der Waals surface area contributed by atoms with Crippen molar-refractivity contribution in [2.75, 3.05) is 34.4 Å². The Morgan fingerprint density at radius 2 is 2.17 bits per heavy atom. The van der Waals surface area contributed by atoms with Gasteiger partial charge in [0.1, 0.15) is 11.4 Å². The summed E-state index contributed by atoms with van der Waals surface area (Å²) < 4.78 is 15.8. The summed E-state index contributed by atoms with van der Waals surface area (Å²) in [5.41, 5.74) is 1.70. The first-order valence-corrected chi connectivity index (χ1v) is 10.5. The molecular weight excluding hydrogens is 384 g/mol. The number of esters is 1. The minimum atomic E-state index is -1.14. The zero-order valence-electron chi connectivity index (χ0n) is 18.1. The lowest BCUT2D eigenvalue weighted by molar-refractivity contribution is -0.137. The van der Waals surface area contributed by atoms with Crippen LogP contribution in [0.1, 0.15) is 31.7 Å². The van der Waals surface area contributed by atoms with Crippen LogP contribution in [0, 0.1) is 11.8 Å². The Morgan fingerprint density at radius 1 is 1.37 bits per heavy atom. The van der Waals surface area contributed by atoms with Crippen molar-refractivity contribution in [2.45, 2.75) is 37.8 Å². The van der Waals surface area contributed by atoms with Crippen molar-refractivity contribution in [3.63, 3.8) is 0 Å². The maximum absolute atomic E-state index is 12.5. The molecule has 0 aromatic heterocycles. The number of rotatable bonds is 5. The number of hydrogen-bond acceptors (Lipinski definition) is 7. The number of carbonyl (C=O) groups is 1. The van der Waals surface area contributed by atoms with E-state index in [1.807, 2.05) is 18.2 Å². The molecule has 2 saturated heterocycles. The molecule has 30 heavy (non-hydrogen) atoms. The number of methoxy groups -OCH3 is 3. The molecule has 2 fully saturated rings. The fourth-order valence-electron chi connectivity index (χ4n) is 5.45. The van der Waals surface area contributed by atoms with E-state index in [1.54, 1.807) is 14.2 Å². The van der Waals surface area contributed by atoms with Gasteiger partial charge in [0.15, 0.2) is 0 Å². The summed E-state index contributed by atoms with van der Waals surface area (Å²) in [4.78, 5) is 19.8. The van der Waals surface area contributed by atoms with E-state index in [1.165, 1.54) is 13.4 Å². The average Bonchev–Trinajstić information content (AvgIpc) is 3.09. The molecule has 1 N–H and O–H groups in total. The van der Waals surface area contributed by atoms with E-state index >= 15 is 0 Å². The minimum absolute atomic E-state index is 0.0284. The molecule has 3 unspecified atom stereocenters. The molecule has 3 aliphatic heterocycles. The molecule has 0 aliphatic carbocycles. The second-order valence-corrected chi connectivity index (χ2v) is 8.28. The highest BCUT2D eigenvalue weighted by Gasteiger charge is 2.54. The van der Waals surface area contributed by atoms with Crippen molar-refractivity contribution in [2.24, 2.45) is 16.8 Å². The molecular formula is C23H30N2O5. The van der Waals surface area contributed by atoms with Gasteiger partial charge in [0.05, 0.1) is 56.2 Å². The van der Waals surface area contributed by atoms with Crippen LogP contribution in [0.3, 0.4) is 0 Å². The highest BCUT2D eigenvalue weighted by Crippen LogP contribution is 2.51. The predicted octanol–water partition coefficient (Wildman–Crippen LogP) is 2.79. The maximum Gasteiger partial charge on any atom is 0.337 e. The van der Waals surface area contributed by atoms with E-state index < -0.39 is 5.60 Å². The summed E-state index contributed by atoms with van der Waals surface area (Å²) in [6, 6.07) is 5.63. The van der Waals surface area contributed by atoms with Crippen LogP contribution >= 0.6 is 0 Å². The lowest BCUT2D eigenvalue weighted by Gasteiger charge is -2.50. The molecule has 3 heterocycles. The third-order valence-corrected chi connectivity index (χ3v) is 6.92. The van der Waals surface area contributed by atoms with Gasteiger partial charge in [0.25, 0.3) is 0 Å². The SMILES string of the molecule is CCC1CN2CC[C@@]3(O)C(=Nc4cccc(OC)c43)C2CC1/C(=C\OC)C(=O)OC. The number of piperidine rings is 2. The van der Waals surface area contributed by atoms with Gasteiger partial charge < -0.3 is 19.3 Å². The second kappa shape index (κ2) is 8.04. The Balaban J connectivity index is 1.72. The summed E-state index contributed by atoms with van der Waals surface area (Å²) in [5, 5.41) is 11.8. The Morgan fingerprint density at radius 3 is 2.83 bits per heavy atom. The van der Waals surface area contributed by atoms with Gasteiger partial charge in [-0.25, -0.2) is 4.79 Å². The minimum Gasteiger partial charge on any atom is -0.504 e. The van der Waals surface area contributed by atoms with Crippen LogP contribution in [0.4, 0.5) is 5.69 Å². The largest absolute Gasteiger partial charge is 0.504 e. The molecule has 4 rings (SSSR count). The second-order valence-electron chi connectivity index (χ2n) is 8.28. The van der Waals surface area contributed by atoms with Crippen molar-refractivity contribution in [1.29, 1.82) is 0 Å². The number of aliphatic hydroxyl groups is 1. The summed E-state index contributed by atoms with van der Waals surface area (Å²) in [7, 11) is 4.56. The molecule has 0 saturated carbocycles. The van der Waals surface area contributed by atoms with E-state index in [2.05, 4.69) is 11.8 Å². The van der Waals surface area contributed by atoms with Gasteiger partial charge in [-0.05, 0) is 36.8 Å². The molecule has 0 bridgehead atoms. The highest BCUT2D eigenvalue weighted by atomic mass is 16.5. The molecule has 4 atom stereocenters. The number of hydrogen-bond donors (Lipinski definition) is 1. The van der Waals surface area contributed by atoms with Crippen molar-refractivity contribution >= 4 is 17.4 Å². The summed E-state index contributed by atoms with van der Waals surface area (Å²) >= 11 is 0. The first kappa shape index (κ1) is 20.9. The van der Waals surface area contributed by atoms with E-state index in [0.717, 1.165) is 36.5 Å². The Bertz CT molecular complexity index is 896. The first-order valence-electron chi connectivity index (χ1n) is 10.5. The fraction of sp³-hybridized carbons (Fsp3) is 0.565. The third-order valence-electron chi connectivity index (χ3n) is 6.92. The van der Waals surface area contributed by atoms with Gasteiger partial charge in [0.2, 0.25) is 0 Å². The lowest BCUT2D eigenvalue weighted by Crippen LogP contribution is -2.60. The molecule has 162 valence electrons. The number of fused-ring (bicyclic) bond motifs is 5. The fourth-order valence-corrected chi connectivity index (χ4v) is 5.45. The molecule has 7 nitrogen and oxygen atoms in total. The van der Waals surface area contributed by atoms with Crippen molar-refractivity contribution in [3.8, 4) is 5.75 Å². The zero-order chi connectivity index (χ0) is 21.5. The summed E-state index contributed by atoms with van der Waals surface area (Å²) in [6.45, 7) is 3.75. The zero-order valence-corrected chi connectivity index (χ0v) is 18.1. The highest BCUT2D eigenvalue weighted by molar-refractivity contribution is 6.05. The number of nitrogens with zero attached hydrogens (tertiary/aromatic N) is 2. The van der Waals surface area contributed by atoms with Crippen LogP contribution in [-0.2, 0) is 19.9 Å². The standard InChI is InChI=1S/C23H30N2O5/c1-5-14-12-25-10-9-23(27)20-17(7-6-8-19(20)29-3)24-21(23)18(25)11-15(14)16(13-28-2)22(26)30-4/h6-8,13-15,18,27H,5,9-12H2,1-4H3/b16-13+/t14?,15?,18?,23-/m0/s1. The number of carbonyl (C=O) groups excluding carboxylic acids is 1. The summed E-state index contributed by atoms with van der Waals surface area (Å²) in [5.74, 6) is 0.569. The molecule has 7 heteroatoms. The predicted molar refractivity (Wildman–Crippen MR) is 113 cm³/mol. The summed E-state index contributed by atoms with van der Waals surface area (Å²) in [6.07, 6.45) is 3.71. The van der Waals surface area contributed by atoms with Crippen molar-refractivity contribution in [3.05, 3.63) is 35.6 Å². The monoisotopic (exact) mass is 414 g/mol. The van der Waals surface area contributed by atoms with Gasteiger partial charge in [-0.1, -0.05) is 19.4 Å². The molecule has 0 amide bonds. The van der Waals surface area contributed by atoms with E-state index in [-0.39, 0.29) is 17.9 Å². The maximum atomic E-state index is 12.5. The van der Waals surface area contributed by atoms with E-state index in [4.69, 9.17) is 19.2 Å². The van der Waals surface area contributed by atoms with Crippen molar-refractivity contribution < 1.29 is 24.1 Å². The van der Waals surface area contributed by atoms with Gasteiger partial charge in [0, 0.05) is 13.1 Å². The topological polar surface area (TPSA) is 80.6 Å². The molecule has 3 aliphatic rings. The van der Waals surface area contributed by atoms with E-state index in [9.17, 15) is 9.90 Å². The smallest absolute Gasteiger partial charge is 0.337 e. The van der Waals surface area contributed by atoms with Gasteiger partial charge in [-0.2, -0.15) is 0 Å². The average molecular weight is 415 g/mol. The third kappa shape index (κ3) is 3.11. The molecule has 0 spiro atoms. The Labute approximate surface area is 177 Å². The normalized spacial score (nSPS) is 30.6. The van der Waals surface area contributed by atoms with Crippen LogP contribution in [0.5, 0.6) is 5.75 Å². The number of benzene rings is 1. The molecule has 0 radical (unpaired) electrons. The van der Waals surface area contributed by atoms with Gasteiger partial charge in [-0.3, -0.25) is 9.89 Å². The number of aliphatic imine (C=N–C) groups is 1. The number of ether oxygens (including phenoxy) is 3.